The van der Waals surface area contributed by atoms with Gasteiger partial charge in [0.15, 0.2) is 0 Å². The molecule has 1 aliphatic carbocycles. The second-order valence-corrected chi connectivity index (χ2v) is 10.9. The van der Waals surface area contributed by atoms with Crippen molar-refractivity contribution in [1.82, 2.24) is 4.31 Å². The molecule has 0 aromatic heterocycles. The predicted molar refractivity (Wildman–Crippen MR) is 117 cm³/mol. The SMILES string of the molecule is O=C(c1ccc(S(=O)(=O)N2CCCCC2)cc1)N1CC2(CCCC2)c2c(F)cccc21. The zero-order chi connectivity index (χ0) is 21.6. The molecule has 1 saturated heterocycles. The van der Waals surface area contributed by atoms with Gasteiger partial charge in [-0.1, -0.05) is 25.3 Å². The van der Waals surface area contributed by atoms with Crippen molar-refractivity contribution >= 4 is 21.6 Å². The molecule has 3 aliphatic rings. The molecule has 7 heteroatoms. The number of nitrogens with zero attached hydrogens (tertiary/aromatic N) is 2. The monoisotopic (exact) mass is 442 g/mol. The van der Waals surface area contributed by atoms with Crippen molar-refractivity contribution in [3.63, 3.8) is 0 Å². The lowest BCUT2D eigenvalue weighted by Crippen LogP contribution is -2.36. The van der Waals surface area contributed by atoms with Crippen LogP contribution in [0.4, 0.5) is 10.1 Å². The van der Waals surface area contributed by atoms with Gasteiger partial charge in [0.2, 0.25) is 10.0 Å². The Bertz CT molecular complexity index is 1100. The van der Waals surface area contributed by atoms with Gasteiger partial charge >= 0.3 is 0 Å². The van der Waals surface area contributed by atoms with E-state index in [-0.39, 0.29) is 22.0 Å². The van der Waals surface area contributed by atoms with Crippen LogP contribution in [0.25, 0.3) is 0 Å². The standard InChI is InChI=1S/C24H27FN2O3S/c25-20-7-6-8-21-22(20)24(13-2-3-14-24)17-27(21)23(28)18-9-11-19(12-10-18)31(29,30)26-15-4-1-5-16-26/h6-12H,1-5,13-17H2. The van der Waals surface area contributed by atoms with E-state index in [1.807, 2.05) is 6.07 Å². The van der Waals surface area contributed by atoms with E-state index in [1.165, 1.54) is 22.5 Å². The van der Waals surface area contributed by atoms with E-state index in [0.717, 1.165) is 44.9 Å². The minimum absolute atomic E-state index is 0.211. The van der Waals surface area contributed by atoms with Crippen molar-refractivity contribution in [3.8, 4) is 0 Å². The maximum Gasteiger partial charge on any atom is 0.258 e. The fourth-order valence-electron chi connectivity index (χ4n) is 5.55. The average molecular weight is 443 g/mol. The Morgan fingerprint density at radius 2 is 1.58 bits per heavy atom. The van der Waals surface area contributed by atoms with E-state index in [9.17, 15) is 17.6 Å². The van der Waals surface area contributed by atoms with Gasteiger partial charge in [0.05, 0.1) is 10.6 Å². The first-order chi connectivity index (χ1) is 14.9. The number of halogens is 1. The fraction of sp³-hybridized carbons (Fsp3) is 0.458. The fourth-order valence-corrected chi connectivity index (χ4v) is 7.07. The number of sulfonamides is 1. The molecule has 1 amide bonds. The third kappa shape index (κ3) is 3.38. The van der Waals surface area contributed by atoms with E-state index >= 15 is 0 Å². The van der Waals surface area contributed by atoms with Crippen molar-refractivity contribution in [2.24, 2.45) is 0 Å². The molecule has 0 unspecified atom stereocenters. The van der Waals surface area contributed by atoms with E-state index in [2.05, 4.69) is 0 Å². The molecule has 0 bridgehead atoms. The van der Waals surface area contributed by atoms with Crippen LogP contribution in [0, 0.1) is 5.82 Å². The van der Waals surface area contributed by atoms with Gasteiger partial charge in [-0.15, -0.1) is 0 Å². The molecule has 2 aliphatic heterocycles. The first-order valence-electron chi connectivity index (χ1n) is 11.1. The van der Waals surface area contributed by atoms with E-state index in [4.69, 9.17) is 0 Å². The molecule has 164 valence electrons. The molecule has 2 heterocycles. The van der Waals surface area contributed by atoms with Gasteiger partial charge in [-0.05, 0) is 62.1 Å². The van der Waals surface area contributed by atoms with Crippen LogP contribution < -0.4 is 4.90 Å². The Hall–Kier alpha value is -2.25. The van der Waals surface area contributed by atoms with Crippen LogP contribution in [0.1, 0.15) is 60.9 Å². The highest BCUT2D eigenvalue weighted by molar-refractivity contribution is 7.89. The topological polar surface area (TPSA) is 57.7 Å². The summed E-state index contributed by atoms with van der Waals surface area (Å²) in [6.45, 7) is 1.57. The normalized spacial score (nSPS) is 20.9. The van der Waals surface area contributed by atoms with Gasteiger partial charge in [-0.2, -0.15) is 4.31 Å². The van der Waals surface area contributed by atoms with Crippen LogP contribution in [0.3, 0.4) is 0 Å². The summed E-state index contributed by atoms with van der Waals surface area (Å²) in [5.41, 5.74) is 1.44. The quantitative estimate of drug-likeness (QED) is 0.705. The molecule has 2 aromatic carbocycles. The smallest absolute Gasteiger partial charge is 0.258 e. The van der Waals surface area contributed by atoms with Crippen LogP contribution in [0.5, 0.6) is 0 Å². The van der Waals surface area contributed by atoms with Gasteiger partial charge in [-0.25, -0.2) is 12.8 Å². The summed E-state index contributed by atoms with van der Waals surface area (Å²) in [5.74, 6) is -0.449. The van der Waals surface area contributed by atoms with Gasteiger partial charge in [0, 0.05) is 36.2 Å². The maximum atomic E-state index is 14.8. The number of carbonyl (C=O) groups is 1. The second-order valence-electron chi connectivity index (χ2n) is 9.00. The Morgan fingerprint density at radius 3 is 2.26 bits per heavy atom. The zero-order valence-electron chi connectivity index (χ0n) is 17.5. The average Bonchev–Trinajstić information content (AvgIpc) is 3.40. The number of hydrogen-bond donors (Lipinski definition) is 0. The number of amides is 1. The number of hydrogen-bond acceptors (Lipinski definition) is 3. The molecule has 5 rings (SSSR count). The van der Waals surface area contributed by atoms with E-state index in [1.54, 1.807) is 23.1 Å². The first kappa shape index (κ1) is 20.6. The first-order valence-corrected chi connectivity index (χ1v) is 12.6. The molecule has 31 heavy (non-hydrogen) atoms. The molecule has 1 spiro atoms. The van der Waals surface area contributed by atoms with Crippen molar-refractivity contribution < 1.29 is 17.6 Å². The van der Waals surface area contributed by atoms with Crippen LogP contribution in [-0.2, 0) is 15.4 Å². The van der Waals surface area contributed by atoms with Crippen LogP contribution in [-0.4, -0.2) is 38.3 Å². The minimum Gasteiger partial charge on any atom is -0.307 e. The number of piperidine rings is 1. The van der Waals surface area contributed by atoms with Gasteiger partial charge in [0.25, 0.3) is 5.91 Å². The Kier molecular flexibility index (Phi) is 5.13. The van der Waals surface area contributed by atoms with Crippen molar-refractivity contribution in [2.75, 3.05) is 24.5 Å². The van der Waals surface area contributed by atoms with Gasteiger partial charge in [-0.3, -0.25) is 4.79 Å². The maximum absolute atomic E-state index is 14.8. The summed E-state index contributed by atoms with van der Waals surface area (Å²) in [7, 11) is -3.54. The summed E-state index contributed by atoms with van der Waals surface area (Å²) in [5, 5.41) is 0. The number of anilines is 1. The lowest BCUT2D eigenvalue weighted by molar-refractivity contribution is 0.0985. The molecule has 2 aromatic rings. The van der Waals surface area contributed by atoms with Gasteiger partial charge in [0.1, 0.15) is 5.82 Å². The Labute approximate surface area is 182 Å². The summed E-state index contributed by atoms with van der Waals surface area (Å²) in [6.07, 6.45) is 6.66. The minimum atomic E-state index is -3.54. The molecule has 0 atom stereocenters. The predicted octanol–water partition coefficient (Wildman–Crippen LogP) is 4.47. The van der Waals surface area contributed by atoms with Crippen LogP contribution >= 0.6 is 0 Å². The number of fused-ring (bicyclic) bond motifs is 2. The second kappa shape index (κ2) is 7.71. The lowest BCUT2D eigenvalue weighted by Gasteiger charge is -2.26. The highest BCUT2D eigenvalue weighted by atomic mass is 32.2. The third-order valence-electron chi connectivity index (χ3n) is 7.13. The van der Waals surface area contributed by atoms with Crippen molar-refractivity contribution in [1.29, 1.82) is 0 Å². The highest BCUT2D eigenvalue weighted by Gasteiger charge is 2.48. The van der Waals surface area contributed by atoms with Gasteiger partial charge < -0.3 is 4.90 Å². The Morgan fingerprint density at radius 1 is 0.903 bits per heavy atom. The summed E-state index contributed by atoms with van der Waals surface area (Å²) in [4.78, 5) is 15.3. The molecule has 5 nitrogen and oxygen atoms in total. The molecular formula is C24H27FN2O3S. The number of rotatable bonds is 3. The molecular weight excluding hydrogens is 415 g/mol. The molecule has 0 N–H and O–H groups in total. The number of benzene rings is 2. The summed E-state index contributed by atoms with van der Waals surface area (Å²) < 4.78 is 42.1. The molecule has 1 saturated carbocycles. The molecule has 0 radical (unpaired) electrons. The number of carbonyl (C=O) groups excluding carboxylic acids is 1. The lowest BCUT2D eigenvalue weighted by atomic mass is 9.80. The zero-order valence-corrected chi connectivity index (χ0v) is 18.3. The van der Waals surface area contributed by atoms with E-state index < -0.39 is 10.0 Å². The molecule has 2 fully saturated rings. The summed E-state index contributed by atoms with van der Waals surface area (Å²) in [6, 6.07) is 11.1. The van der Waals surface area contributed by atoms with Crippen LogP contribution in [0.2, 0.25) is 0 Å². The largest absolute Gasteiger partial charge is 0.307 e. The van der Waals surface area contributed by atoms with Crippen LogP contribution in [0.15, 0.2) is 47.4 Å². The van der Waals surface area contributed by atoms with Crippen molar-refractivity contribution in [2.45, 2.75) is 55.3 Å². The third-order valence-corrected chi connectivity index (χ3v) is 9.05. The summed E-state index contributed by atoms with van der Waals surface area (Å²) >= 11 is 0. The Balaban J connectivity index is 1.43. The van der Waals surface area contributed by atoms with Crippen molar-refractivity contribution in [3.05, 3.63) is 59.4 Å². The highest BCUT2D eigenvalue weighted by Crippen LogP contribution is 2.51. The van der Waals surface area contributed by atoms with E-state index in [0.29, 0.717) is 36.4 Å².